The van der Waals surface area contributed by atoms with Gasteiger partial charge in [-0.3, -0.25) is 9.80 Å². The number of hydrogen-bond donors (Lipinski definition) is 0. The van der Waals surface area contributed by atoms with E-state index in [0.29, 0.717) is 18.6 Å². The van der Waals surface area contributed by atoms with Crippen molar-refractivity contribution in [3.05, 3.63) is 58.9 Å². The van der Waals surface area contributed by atoms with Gasteiger partial charge in [-0.15, -0.1) is 0 Å². The number of methoxy groups -OCH3 is 2. The number of fused-ring (bicyclic) bond motifs is 1. The van der Waals surface area contributed by atoms with Gasteiger partial charge in [0.25, 0.3) is 0 Å². The minimum atomic E-state index is -0.101. The largest absolute Gasteiger partial charge is 0.493 e. The maximum atomic E-state index is 14.1. The summed E-state index contributed by atoms with van der Waals surface area (Å²) in [5.41, 5.74) is 3.48. The molecule has 2 aromatic carbocycles. The van der Waals surface area contributed by atoms with Gasteiger partial charge in [0.2, 0.25) is 0 Å². The molecule has 2 heterocycles. The predicted octanol–water partition coefficient (Wildman–Crippen LogP) is 4.43. The van der Waals surface area contributed by atoms with E-state index in [1.807, 2.05) is 12.1 Å². The molecule has 29 heavy (non-hydrogen) atoms. The van der Waals surface area contributed by atoms with Crippen molar-refractivity contribution in [2.45, 2.75) is 44.8 Å². The third-order valence-electron chi connectivity index (χ3n) is 6.53. The van der Waals surface area contributed by atoms with Crippen LogP contribution in [0.15, 0.2) is 36.4 Å². The Bertz CT molecular complexity index is 857. The highest BCUT2D eigenvalue weighted by molar-refractivity contribution is 5.49. The molecule has 0 N–H and O–H groups in total. The molecule has 1 saturated heterocycles. The first-order valence-corrected chi connectivity index (χ1v) is 10.6. The van der Waals surface area contributed by atoms with Crippen molar-refractivity contribution in [3.63, 3.8) is 0 Å². The Balaban J connectivity index is 1.49. The van der Waals surface area contributed by atoms with Gasteiger partial charge in [-0.25, -0.2) is 4.39 Å². The van der Waals surface area contributed by atoms with Gasteiger partial charge in [0, 0.05) is 37.3 Å². The van der Waals surface area contributed by atoms with E-state index in [4.69, 9.17) is 9.47 Å². The Labute approximate surface area is 173 Å². The Morgan fingerprint density at radius 1 is 1.07 bits per heavy atom. The van der Waals surface area contributed by atoms with E-state index in [-0.39, 0.29) is 5.82 Å². The van der Waals surface area contributed by atoms with Crippen LogP contribution in [0.5, 0.6) is 11.5 Å². The molecule has 0 aromatic heterocycles. The first-order valence-electron chi connectivity index (χ1n) is 10.6. The molecule has 2 atom stereocenters. The van der Waals surface area contributed by atoms with Gasteiger partial charge >= 0.3 is 0 Å². The molecule has 1 fully saturated rings. The Morgan fingerprint density at radius 2 is 1.83 bits per heavy atom. The topological polar surface area (TPSA) is 24.9 Å². The van der Waals surface area contributed by atoms with Crippen molar-refractivity contribution in [2.75, 3.05) is 33.9 Å². The third-order valence-corrected chi connectivity index (χ3v) is 6.53. The van der Waals surface area contributed by atoms with Crippen LogP contribution in [0.25, 0.3) is 0 Å². The second kappa shape index (κ2) is 8.72. The van der Waals surface area contributed by atoms with Crippen LogP contribution < -0.4 is 9.47 Å². The smallest absolute Gasteiger partial charge is 0.161 e. The van der Waals surface area contributed by atoms with E-state index in [1.54, 1.807) is 26.4 Å². The summed E-state index contributed by atoms with van der Waals surface area (Å²) in [6.45, 7) is 6.05. The normalized spacial score (nSPS) is 22.9. The zero-order valence-electron chi connectivity index (χ0n) is 17.7. The van der Waals surface area contributed by atoms with Gasteiger partial charge < -0.3 is 9.47 Å². The summed E-state index contributed by atoms with van der Waals surface area (Å²) in [7, 11) is 3.38. The van der Waals surface area contributed by atoms with Gasteiger partial charge in [-0.1, -0.05) is 18.2 Å². The zero-order valence-corrected chi connectivity index (χ0v) is 17.7. The summed E-state index contributed by atoms with van der Waals surface area (Å²) in [5.74, 6) is 1.50. The fraction of sp³-hybridized carbons (Fsp3) is 0.500. The number of halogens is 1. The van der Waals surface area contributed by atoms with Gasteiger partial charge in [0.15, 0.2) is 11.5 Å². The molecule has 156 valence electrons. The molecule has 4 rings (SSSR count). The van der Waals surface area contributed by atoms with E-state index in [2.05, 4.69) is 28.9 Å². The lowest BCUT2D eigenvalue weighted by Gasteiger charge is -2.45. The summed E-state index contributed by atoms with van der Waals surface area (Å²) >= 11 is 0. The van der Waals surface area contributed by atoms with Crippen LogP contribution in [0.4, 0.5) is 4.39 Å². The van der Waals surface area contributed by atoms with E-state index in [0.717, 1.165) is 49.5 Å². The number of piperidine rings is 1. The van der Waals surface area contributed by atoms with Crippen molar-refractivity contribution in [1.29, 1.82) is 0 Å². The number of nitrogens with zero attached hydrogens (tertiary/aromatic N) is 2. The maximum absolute atomic E-state index is 14.1. The van der Waals surface area contributed by atoms with Crippen LogP contribution in [-0.2, 0) is 13.0 Å². The molecular weight excluding hydrogens is 367 g/mol. The summed E-state index contributed by atoms with van der Waals surface area (Å²) in [4.78, 5) is 5.03. The summed E-state index contributed by atoms with van der Waals surface area (Å²) in [5, 5.41) is 0. The second-order valence-corrected chi connectivity index (χ2v) is 8.19. The standard InChI is InChI=1S/C24H31FN2O2/c1-17-21-14-24(29-3)23(28-2)13-18(21)10-12-27(17)20-8-6-11-26(16-20)15-19-7-4-5-9-22(19)25/h4-5,7,9,13-14,17,20H,6,8,10-12,15-16H2,1-3H3. The molecule has 2 aliphatic heterocycles. The van der Waals surface area contributed by atoms with Crippen LogP contribution in [-0.4, -0.2) is 49.7 Å². The summed E-state index contributed by atoms with van der Waals surface area (Å²) < 4.78 is 25.1. The first-order chi connectivity index (χ1) is 14.1. The fourth-order valence-corrected chi connectivity index (χ4v) is 4.98. The highest BCUT2D eigenvalue weighted by Crippen LogP contribution is 2.39. The molecule has 2 aliphatic rings. The molecule has 2 aromatic rings. The molecule has 0 bridgehead atoms. The van der Waals surface area contributed by atoms with E-state index < -0.39 is 0 Å². The predicted molar refractivity (Wildman–Crippen MR) is 113 cm³/mol. The number of likely N-dealkylation sites (tertiary alicyclic amines) is 1. The molecule has 0 saturated carbocycles. The molecule has 0 amide bonds. The van der Waals surface area contributed by atoms with Crippen molar-refractivity contribution < 1.29 is 13.9 Å². The Morgan fingerprint density at radius 3 is 2.59 bits per heavy atom. The fourth-order valence-electron chi connectivity index (χ4n) is 4.98. The molecule has 4 nitrogen and oxygen atoms in total. The Kier molecular flexibility index (Phi) is 6.07. The SMILES string of the molecule is COc1cc2c(cc1OC)C(C)N(C1CCCN(Cc3ccccc3F)C1)CC2. The zero-order chi connectivity index (χ0) is 20.4. The lowest BCUT2D eigenvalue weighted by molar-refractivity contribution is 0.0603. The van der Waals surface area contributed by atoms with E-state index in [1.165, 1.54) is 17.5 Å². The minimum Gasteiger partial charge on any atom is -0.493 e. The number of hydrogen-bond acceptors (Lipinski definition) is 4. The lowest BCUT2D eigenvalue weighted by Crippen LogP contribution is -2.50. The minimum absolute atomic E-state index is 0.101. The number of ether oxygens (including phenoxy) is 2. The maximum Gasteiger partial charge on any atom is 0.161 e. The van der Waals surface area contributed by atoms with Crippen molar-refractivity contribution in [3.8, 4) is 11.5 Å². The quantitative estimate of drug-likeness (QED) is 0.744. The number of rotatable bonds is 5. The van der Waals surface area contributed by atoms with Gasteiger partial charge in [-0.2, -0.15) is 0 Å². The monoisotopic (exact) mass is 398 g/mol. The Hall–Kier alpha value is -2.11. The third kappa shape index (κ3) is 4.12. The van der Waals surface area contributed by atoms with Crippen LogP contribution in [0.2, 0.25) is 0 Å². The molecule has 0 aliphatic carbocycles. The van der Waals surface area contributed by atoms with E-state index in [9.17, 15) is 4.39 Å². The lowest BCUT2D eigenvalue weighted by atomic mass is 9.90. The molecular formula is C24H31FN2O2. The molecule has 2 unspecified atom stereocenters. The van der Waals surface area contributed by atoms with Crippen molar-refractivity contribution in [2.24, 2.45) is 0 Å². The number of benzene rings is 2. The van der Waals surface area contributed by atoms with Crippen LogP contribution in [0, 0.1) is 5.82 Å². The molecule has 5 heteroatoms. The van der Waals surface area contributed by atoms with Gasteiger partial charge in [-0.05, 0) is 62.1 Å². The van der Waals surface area contributed by atoms with E-state index >= 15 is 0 Å². The van der Waals surface area contributed by atoms with Crippen LogP contribution in [0.1, 0.15) is 42.5 Å². The van der Waals surface area contributed by atoms with Gasteiger partial charge in [0.05, 0.1) is 14.2 Å². The highest BCUT2D eigenvalue weighted by Gasteiger charge is 2.33. The summed E-state index contributed by atoms with van der Waals surface area (Å²) in [6.07, 6.45) is 3.37. The average Bonchev–Trinajstić information content (AvgIpc) is 2.75. The molecule has 0 radical (unpaired) electrons. The second-order valence-electron chi connectivity index (χ2n) is 8.19. The van der Waals surface area contributed by atoms with Gasteiger partial charge in [0.1, 0.15) is 5.82 Å². The van der Waals surface area contributed by atoms with Crippen molar-refractivity contribution in [1.82, 2.24) is 9.80 Å². The van der Waals surface area contributed by atoms with Crippen LogP contribution >= 0.6 is 0 Å². The summed E-state index contributed by atoms with van der Waals surface area (Å²) in [6, 6.07) is 12.2. The van der Waals surface area contributed by atoms with Crippen molar-refractivity contribution >= 4 is 0 Å². The van der Waals surface area contributed by atoms with Crippen LogP contribution in [0.3, 0.4) is 0 Å². The average molecular weight is 399 g/mol. The first kappa shape index (κ1) is 20.2. The molecule has 0 spiro atoms. The highest BCUT2D eigenvalue weighted by atomic mass is 19.1.